The van der Waals surface area contributed by atoms with Crippen LogP contribution in [-0.4, -0.2) is 59.4 Å². The van der Waals surface area contributed by atoms with Crippen LogP contribution in [-0.2, 0) is 9.59 Å². The van der Waals surface area contributed by atoms with E-state index < -0.39 is 5.91 Å². The van der Waals surface area contributed by atoms with E-state index in [-0.39, 0.29) is 30.3 Å². The fourth-order valence-electron chi connectivity index (χ4n) is 3.99. The fraction of sp³-hybridized carbons (Fsp3) is 0.812. The Morgan fingerprint density at radius 3 is 2.30 bits per heavy atom. The van der Waals surface area contributed by atoms with E-state index in [1.54, 1.807) is 4.90 Å². The van der Waals surface area contributed by atoms with E-state index in [0.717, 1.165) is 25.7 Å². The third-order valence-corrected chi connectivity index (χ3v) is 5.44. The predicted octanol–water partition coefficient (Wildman–Crippen LogP) is 0.437. The van der Waals surface area contributed by atoms with Gasteiger partial charge < -0.3 is 20.9 Å². The molecule has 1 atom stereocenters. The monoisotopic (exact) mass is 322 g/mol. The molecule has 0 aromatic heterocycles. The first kappa shape index (κ1) is 16.1. The molecule has 1 saturated carbocycles. The Morgan fingerprint density at radius 1 is 1.09 bits per heavy atom. The van der Waals surface area contributed by atoms with Gasteiger partial charge >= 0.3 is 6.03 Å². The van der Waals surface area contributed by atoms with E-state index in [1.807, 2.05) is 4.90 Å². The molecule has 0 aromatic carbocycles. The predicted molar refractivity (Wildman–Crippen MR) is 84.4 cm³/mol. The number of primary amides is 1. The van der Waals surface area contributed by atoms with Crippen molar-refractivity contribution in [2.75, 3.05) is 19.6 Å². The number of rotatable bonds is 3. The number of hydrogen-bond acceptors (Lipinski definition) is 3. The molecule has 3 aliphatic rings. The molecule has 0 spiro atoms. The highest BCUT2D eigenvalue weighted by Gasteiger charge is 2.38. The number of urea groups is 1. The third kappa shape index (κ3) is 3.59. The van der Waals surface area contributed by atoms with Gasteiger partial charge in [-0.2, -0.15) is 0 Å². The number of nitrogens with zero attached hydrogens (tertiary/aromatic N) is 2. The number of likely N-dealkylation sites (tertiary alicyclic amines) is 2. The van der Waals surface area contributed by atoms with Gasteiger partial charge in [0.05, 0.1) is 5.92 Å². The zero-order chi connectivity index (χ0) is 16.4. The second-order valence-corrected chi connectivity index (χ2v) is 7.00. The van der Waals surface area contributed by atoms with Crippen molar-refractivity contribution in [3.8, 4) is 0 Å². The van der Waals surface area contributed by atoms with Crippen molar-refractivity contribution in [3.05, 3.63) is 0 Å². The summed E-state index contributed by atoms with van der Waals surface area (Å²) >= 11 is 0. The molecule has 2 heterocycles. The number of carbonyl (C=O) groups is 3. The molecule has 7 nitrogen and oxygen atoms in total. The highest BCUT2D eigenvalue weighted by molar-refractivity contribution is 5.88. The first-order valence-electron chi connectivity index (χ1n) is 8.69. The Labute approximate surface area is 136 Å². The molecule has 1 aliphatic carbocycles. The molecule has 0 aromatic rings. The molecule has 2 saturated heterocycles. The van der Waals surface area contributed by atoms with Crippen molar-refractivity contribution >= 4 is 17.8 Å². The molecular weight excluding hydrogens is 296 g/mol. The zero-order valence-corrected chi connectivity index (χ0v) is 13.5. The van der Waals surface area contributed by atoms with Gasteiger partial charge in [-0.05, 0) is 25.7 Å². The van der Waals surface area contributed by atoms with Crippen molar-refractivity contribution in [1.82, 2.24) is 15.1 Å². The summed E-state index contributed by atoms with van der Waals surface area (Å²) in [6.07, 6.45) is 6.34. The summed E-state index contributed by atoms with van der Waals surface area (Å²) < 4.78 is 0. The number of nitrogens with one attached hydrogen (secondary N) is 1. The van der Waals surface area contributed by atoms with Crippen LogP contribution in [0.1, 0.15) is 44.9 Å². The minimum Gasteiger partial charge on any atom is -0.369 e. The molecule has 7 heteroatoms. The number of piperidine rings is 1. The van der Waals surface area contributed by atoms with Gasteiger partial charge in [0, 0.05) is 38.1 Å². The van der Waals surface area contributed by atoms with E-state index >= 15 is 0 Å². The van der Waals surface area contributed by atoms with Crippen LogP contribution in [0, 0.1) is 5.92 Å². The Balaban J connectivity index is 1.47. The van der Waals surface area contributed by atoms with Gasteiger partial charge in [0.25, 0.3) is 0 Å². The Morgan fingerprint density at radius 2 is 1.74 bits per heavy atom. The second-order valence-electron chi connectivity index (χ2n) is 7.00. The molecule has 3 fully saturated rings. The standard InChI is InChI=1S/C16H26N4O3/c17-15(22)11-9-14(21)20(10-11)13-5-7-19(8-6-13)16(23)18-12-3-1-2-4-12/h11-13H,1-10H2,(H2,17,22)(H,18,23). The Kier molecular flexibility index (Phi) is 4.73. The summed E-state index contributed by atoms with van der Waals surface area (Å²) in [7, 11) is 0. The van der Waals surface area contributed by atoms with Crippen molar-refractivity contribution in [2.24, 2.45) is 11.7 Å². The van der Waals surface area contributed by atoms with Crippen LogP contribution < -0.4 is 11.1 Å². The molecule has 0 radical (unpaired) electrons. The van der Waals surface area contributed by atoms with Crippen LogP contribution in [0.5, 0.6) is 0 Å². The molecular formula is C16H26N4O3. The number of carbonyl (C=O) groups excluding carboxylic acids is 3. The van der Waals surface area contributed by atoms with E-state index in [9.17, 15) is 14.4 Å². The summed E-state index contributed by atoms with van der Waals surface area (Å²) in [5.74, 6) is -0.733. The minimum absolute atomic E-state index is 0.0163. The first-order valence-corrected chi connectivity index (χ1v) is 8.69. The van der Waals surface area contributed by atoms with Crippen LogP contribution in [0.15, 0.2) is 0 Å². The summed E-state index contributed by atoms with van der Waals surface area (Å²) in [5.41, 5.74) is 5.31. The maximum absolute atomic E-state index is 12.3. The minimum atomic E-state index is -0.394. The molecule has 4 amide bonds. The lowest BCUT2D eigenvalue weighted by Gasteiger charge is -2.37. The molecule has 1 unspecified atom stereocenters. The van der Waals surface area contributed by atoms with Gasteiger partial charge in [0.1, 0.15) is 0 Å². The van der Waals surface area contributed by atoms with E-state index in [1.165, 1.54) is 12.8 Å². The average Bonchev–Trinajstić information content (AvgIpc) is 3.17. The van der Waals surface area contributed by atoms with Gasteiger partial charge in [-0.15, -0.1) is 0 Å². The molecule has 2 aliphatic heterocycles. The second kappa shape index (κ2) is 6.76. The SMILES string of the molecule is NC(=O)C1CC(=O)N(C2CCN(C(=O)NC3CCCC3)CC2)C1. The van der Waals surface area contributed by atoms with Crippen LogP contribution in [0.25, 0.3) is 0 Å². The summed E-state index contributed by atoms with van der Waals surface area (Å²) in [6.45, 7) is 1.76. The highest BCUT2D eigenvalue weighted by atomic mass is 16.2. The summed E-state index contributed by atoms with van der Waals surface area (Å²) in [6, 6.07) is 0.484. The first-order chi connectivity index (χ1) is 11.0. The van der Waals surface area contributed by atoms with Crippen LogP contribution in [0.2, 0.25) is 0 Å². The maximum atomic E-state index is 12.3. The molecule has 128 valence electrons. The highest BCUT2D eigenvalue weighted by Crippen LogP contribution is 2.25. The zero-order valence-electron chi connectivity index (χ0n) is 13.5. The molecule has 3 N–H and O–H groups in total. The number of nitrogens with two attached hydrogens (primary N) is 1. The van der Waals surface area contributed by atoms with E-state index in [2.05, 4.69) is 5.32 Å². The molecule has 3 rings (SSSR count). The van der Waals surface area contributed by atoms with Gasteiger partial charge in [0.15, 0.2) is 0 Å². The largest absolute Gasteiger partial charge is 0.369 e. The lowest BCUT2D eigenvalue weighted by Crippen LogP contribution is -2.51. The van der Waals surface area contributed by atoms with Crippen molar-refractivity contribution in [3.63, 3.8) is 0 Å². The normalized spacial score (nSPS) is 26.8. The number of amides is 4. The van der Waals surface area contributed by atoms with Gasteiger partial charge in [-0.3, -0.25) is 9.59 Å². The maximum Gasteiger partial charge on any atom is 0.317 e. The molecule has 0 bridgehead atoms. The van der Waals surface area contributed by atoms with E-state index in [0.29, 0.717) is 25.7 Å². The Hall–Kier alpha value is -1.79. The lowest BCUT2D eigenvalue weighted by molar-refractivity contribution is -0.130. The van der Waals surface area contributed by atoms with Crippen molar-refractivity contribution < 1.29 is 14.4 Å². The van der Waals surface area contributed by atoms with Crippen LogP contribution in [0.3, 0.4) is 0 Å². The van der Waals surface area contributed by atoms with Gasteiger partial charge in [-0.25, -0.2) is 4.79 Å². The van der Waals surface area contributed by atoms with Gasteiger partial charge in [-0.1, -0.05) is 12.8 Å². The van der Waals surface area contributed by atoms with Crippen molar-refractivity contribution in [1.29, 1.82) is 0 Å². The van der Waals surface area contributed by atoms with Crippen LogP contribution in [0.4, 0.5) is 4.79 Å². The van der Waals surface area contributed by atoms with Crippen LogP contribution >= 0.6 is 0 Å². The average molecular weight is 322 g/mol. The Bertz CT molecular complexity index is 482. The lowest BCUT2D eigenvalue weighted by atomic mass is 10.0. The van der Waals surface area contributed by atoms with Crippen molar-refractivity contribution in [2.45, 2.75) is 57.0 Å². The smallest absolute Gasteiger partial charge is 0.317 e. The third-order valence-electron chi connectivity index (χ3n) is 5.44. The van der Waals surface area contributed by atoms with Gasteiger partial charge in [0.2, 0.25) is 11.8 Å². The topological polar surface area (TPSA) is 95.7 Å². The molecule has 23 heavy (non-hydrogen) atoms. The fourth-order valence-corrected chi connectivity index (χ4v) is 3.99. The summed E-state index contributed by atoms with van der Waals surface area (Å²) in [5, 5.41) is 3.11. The number of hydrogen-bond donors (Lipinski definition) is 2. The quantitative estimate of drug-likeness (QED) is 0.789. The van der Waals surface area contributed by atoms with E-state index in [4.69, 9.17) is 5.73 Å². The summed E-state index contributed by atoms with van der Waals surface area (Å²) in [4.78, 5) is 39.2.